The number of rotatable bonds is 2. The van der Waals surface area contributed by atoms with Crippen LogP contribution >= 0.6 is 23.4 Å². The van der Waals surface area contributed by atoms with Crippen molar-refractivity contribution in [3.63, 3.8) is 0 Å². The Morgan fingerprint density at radius 2 is 2.25 bits per heavy atom. The normalized spacial score (nSPS) is 27.5. The second kappa shape index (κ2) is 5.24. The second-order valence-corrected chi connectivity index (χ2v) is 8.69. The summed E-state index contributed by atoms with van der Waals surface area (Å²) in [6, 6.07) is 7.67. The molecule has 7 heteroatoms. The van der Waals surface area contributed by atoms with Crippen molar-refractivity contribution in [1.82, 2.24) is 4.90 Å². The maximum atomic E-state index is 11.6. The van der Waals surface area contributed by atoms with Crippen LogP contribution in [0.15, 0.2) is 29.3 Å². The summed E-state index contributed by atoms with van der Waals surface area (Å²) >= 11 is 7.59. The van der Waals surface area contributed by atoms with Crippen LogP contribution in [-0.2, 0) is 15.6 Å². The van der Waals surface area contributed by atoms with Gasteiger partial charge in [0.15, 0.2) is 15.0 Å². The molecule has 2 atom stereocenters. The molecule has 0 aliphatic carbocycles. The van der Waals surface area contributed by atoms with E-state index >= 15 is 0 Å². The van der Waals surface area contributed by atoms with Crippen LogP contribution in [0.5, 0.6) is 0 Å². The zero-order valence-electron chi connectivity index (χ0n) is 11.0. The summed E-state index contributed by atoms with van der Waals surface area (Å²) in [7, 11) is -0.984. The largest absolute Gasteiger partial charge is 0.348 e. The molecule has 0 spiro atoms. The van der Waals surface area contributed by atoms with Crippen LogP contribution in [0.25, 0.3) is 0 Å². The third-order valence-corrected chi connectivity index (χ3v) is 6.69. The average molecular weight is 331 g/mol. The number of halogens is 1. The Bertz CT molecular complexity index is 660. The van der Waals surface area contributed by atoms with Gasteiger partial charge in [-0.1, -0.05) is 35.5 Å². The Balaban J connectivity index is 1.68. The number of hydrogen-bond donors (Lipinski definition) is 0. The predicted octanol–water partition coefficient (Wildman–Crippen LogP) is 2.04. The van der Waals surface area contributed by atoms with E-state index in [1.807, 2.05) is 36.2 Å². The summed E-state index contributed by atoms with van der Waals surface area (Å²) in [6.45, 7) is 0. The number of amidine groups is 1. The van der Waals surface area contributed by atoms with E-state index in [4.69, 9.17) is 11.6 Å². The summed E-state index contributed by atoms with van der Waals surface area (Å²) in [5, 5.41) is 1.66. The van der Waals surface area contributed by atoms with Gasteiger partial charge in [0.05, 0.1) is 23.6 Å². The molecule has 0 amide bonds. The molecule has 0 N–H and O–H groups in total. The fraction of sp³-hybridized carbons (Fsp3) is 0.462. The first-order valence-corrected chi connectivity index (χ1v) is 9.51. The average Bonchev–Trinajstić information content (AvgIpc) is 2.81. The number of aliphatic imine (C=N–C) groups is 1. The molecule has 1 aromatic rings. The van der Waals surface area contributed by atoms with Crippen molar-refractivity contribution >= 4 is 38.4 Å². The molecular weight excluding hydrogens is 316 g/mol. The van der Waals surface area contributed by atoms with Gasteiger partial charge in [0.1, 0.15) is 0 Å². The second-order valence-electron chi connectivity index (χ2n) is 5.15. The highest BCUT2D eigenvalue weighted by atomic mass is 35.5. The van der Waals surface area contributed by atoms with E-state index in [0.717, 1.165) is 21.5 Å². The molecule has 3 rings (SSSR count). The van der Waals surface area contributed by atoms with Gasteiger partial charge in [-0.15, -0.1) is 0 Å². The Labute approximate surface area is 128 Å². The topological polar surface area (TPSA) is 49.7 Å². The first-order valence-electron chi connectivity index (χ1n) is 6.33. The van der Waals surface area contributed by atoms with Gasteiger partial charge in [0, 0.05) is 17.8 Å². The number of likely N-dealkylation sites (N-methyl/N-ethyl adjacent to an activating group) is 1. The highest BCUT2D eigenvalue weighted by Crippen LogP contribution is 2.31. The first-order chi connectivity index (χ1) is 9.44. The van der Waals surface area contributed by atoms with E-state index in [1.165, 1.54) is 0 Å². The number of fused-ring (bicyclic) bond motifs is 1. The van der Waals surface area contributed by atoms with Gasteiger partial charge in [-0.3, -0.25) is 4.99 Å². The van der Waals surface area contributed by atoms with Crippen molar-refractivity contribution in [2.75, 3.05) is 18.6 Å². The van der Waals surface area contributed by atoms with Crippen LogP contribution in [0.1, 0.15) is 5.56 Å². The number of hydrogen-bond acceptors (Lipinski definition) is 5. The number of nitrogens with zero attached hydrogens (tertiary/aromatic N) is 2. The van der Waals surface area contributed by atoms with Gasteiger partial charge >= 0.3 is 0 Å². The van der Waals surface area contributed by atoms with Crippen LogP contribution in [0.4, 0.5) is 0 Å². The lowest BCUT2D eigenvalue weighted by Gasteiger charge is -2.20. The first kappa shape index (κ1) is 14.2. The van der Waals surface area contributed by atoms with Gasteiger partial charge in [0.25, 0.3) is 0 Å². The molecular formula is C13H15ClN2O2S2. The molecule has 2 aliphatic heterocycles. The molecule has 2 heterocycles. The van der Waals surface area contributed by atoms with Gasteiger partial charge in [0.2, 0.25) is 0 Å². The van der Waals surface area contributed by atoms with Gasteiger partial charge in [-0.2, -0.15) is 0 Å². The van der Waals surface area contributed by atoms with Crippen LogP contribution in [-0.4, -0.2) is 49.1 Å². The zero-order chi connectivity index (χ0) is 14.3. The standard InChI is InChI=1S/C13H15ClN2O2S2/c1-16-12-8-20(17,18)7-11(12)15-13(16)19-6-9-3-2-4-10(14)5-9/h2-5,11-12H,6-8H2,1H3/t11-,12-/m1/s1. The number of benzene rings is 1. The molecule has 1 aromatic carbocycles. The van der Waals surface area contributed by atoms with Crippen LogP contribution < -0.4 is 0 Å². The maximum Gasteiger partial charge on any atom is 0.159 e. The predicted molar refractivity (Wildman–Crippen MR) is 84.2 cm³/mol. The lowest BCUT2D eigenvalue weighted by molar-refractivity contribution is 0.410. The Hall–Kier alpha value is -0.720. The Morgan fingerprint density at radius 3 is 2.95 bits per heavy atom. The van der Waals surface area contributed by atoms with E-state index in [9.17, 15) is 8.42 Å². The Morgan fingerprint density at radius 1 is 1.45 bits per heavy atom. The van der Waals surface area contributed by atoms with E-state index in [-0.39, 0.29) is 23.6 Å². The molecule has 1 saturated heterocycles. The fourth-order valence-electron chi connectivity index (χ4n) is 2.59. The van der Waals surface area contributed by atoms with E-state index in [2.05, 4.69) is 4.99 Å². The van der Waals surface area contributed by atoms with Crippen LogP contribution in [0.3, 0.4) is 0 Å². The molecule has 2 aliphatic rings. The smallest absolute Gasteiger partial charge is 0.159 e. The molecule has 4 nitrogen and oxygen atoms in total. The molecule has 20 heavy (non-hydrogen) atoms. The lowest BCUT2D eigenvalue weighted by Crippen LogP contribution is -2.35. The number of thioether (sulfide) groups is 1. The van der Waals surface area contributed by atoms with Crippen molar-refractivity contribution in [3.8, 4) is 0 Å². The SMILES string of the molecule is CN1C(SCc2cccc(Cl)c2)=N[C@@H]2CS(=O)(=O)C[C@H]21. The van der Waals surface area contributed by atoms with Crippen LogP contribution in [0, 0.1) is 0 Å². The number of sulfone groups is 1. The lowest BCUT2D eigenvalue weighted by atomic mass is 10.2. The van der Waals surface area contributed by atoms with E-state index in [0.29, 0.717) is 0 Å². The molecule has 108 valence electrons. The summed E-state index contributed by atoms with van der Waals surface area (Å²) in [5.74, 6) is 1.19. The van der Waals surface area contributed by atoms with Gasteiger partial charge in [-0.05, 0) is 17.7 Å². The van der Waals surface area contributed by atoms with Crippen molar-refractivity contribution in [3.05, 3.63) is 34.9 Å². The molecule has 0 bridgehead atoms. The highest BCUT2D eigenvalue weighted by Gasteiger charge is 2.44. The summed E-state index contributed by atoms with van der Waals surface area (Å²) in [4.78, 5) is 6.56. The molecule has 0 radical (unpaired) electrons. The minimum absolute atomic E-state index is 0.0156. The highest BCUT2D eigenvalue weighted by molar-refractivity contribution is 8.13. The zero-order valence-corrected chi connectivity index (χ0v) is 13.4. The summed E-state index contributed by atoms with van der Waals surface area (Å²) in [5.41, 5.74) is 1.14. The third-order valence-electron chi connectivity index (χ3n) is 3.63. The monoisotopic (exact) mass is 330 g/mol. The van der Waals surface area contributed by atoms with E-state index < -0.39 is 9.84 Å². The van der Waals surface area contributed by atoms with Gasteiger partial charge < -0.3 is 4.90 Å². The molecule has 0 unspecified atom stereocenters. The molecule has 1 fully saturated rings. The third kappa shape index (κ3) is 2.82. The van der Waals surface area contributed by atoms with Gasteiger partial charge in [-0.25, -0.2) is 8.42 Å². The van der Waals surface area contributed by atoms with Crippen molar-refractivity contribution < 1.29 is 8.42 Å². The minimum Gasteiger partial charge on any atom is -0.348 e. The van der Waals surface area contributed by atoms with Crippen LogP contribution in [0.2, 0.25) is 5.02 Å². The summed E-state index contributed by atoms with van der Waals surface area (Å²) in [6.07, 6.45) is 0. The quantitative estimate of drug-likeness (QED) is 0.832. The summed E-state index contributed by atoms with van der Waals surface area (Å²) < 4.78 is 23.2. The molecule has 0 saturated carbocycles. The van der Waals surface area contributed by atoms with E-state index in [1.54, 1.807) is 11.8 Å². The van der Waals surface area contributed by atoms with Crippen molar-refractivity contribution in [1.29, 1.82) is 0 Å². The fourth-order valence-corrected chi connectivity index (χ4v) is 5.75. The minimum atomic E-state index is -2.91. The maximum absolute atomic E-state index is 11.6. The Kier molecular flexibility index (Phi) is 3.73. The van der Waals surface area contributed by atoms with Crippen molar-refractivity contribution in [2.24, 2.45) is 4.99 Å². The van der Waals surface area contributed by atoms with Crippen molar-refractivity contribution in [2.45, 2.75) is 17.8 Å². The molecule has 0 aromatic heterocycles.